The highest BCUT2D eigenvalue weighted by atomic mass is 16.5. The fraction of sp³-hybridized carbons (Fsp3) is 0.500. The van der Waals surface area contributed by atoms with Gasteiger partial charge in [-0.25, -0.2) is 0 Å². The summed E-state index contributed by atoms with van der Waals surface area (Å²) in [5, 5.41) is 2.77. The Hall–Kier alpha value is -2.61. The van der Waals surface area contributed by atoms with Gasteiger partial charge in [-0.3, -0.25) is 14.4 Å². The summed E-state index contributed by atoms with van der Waals surface area (Å²) in [6.07, 6.45) is 2.53. The van der Waals surface area contributed by atoms with Gasteiger partial charge in [0.05, 0.1) is 19.4 Å². The highest BCUT2D eigenvalue weighted by Crippen LogP contribution is 2.39. The summed E-state index contributed by atoms with van der Waals surface area (Å²) >= 11 is 0. The molecule has 0 spiro atoms. The molecular weight excluding hydrogens is 338 g/mol. The molecule has 1 saturated carbocycles. The molecule has 1 aromatic rings. The van der Waals surface area contributed by atoms with E-state index < -0.39 is 11.3 Å². The van der Waals surface area contributed by atoms with Gasteiger partial charge in [0.1, 0.15) is 17.8 Å². The highest BCUT2D eigenvalue weighted by Gasteiger charge is 2.46. The van der Waals surface area contributed by atoms with Crippen molar-refractivity contribution in [3.8, 4) is 5.75 Å². The predicted octanol–water partition coefficient (Wildman–Crippen LogP) is 1.04. The van der Waals surface area contributed by atoms with Crippen LogP contribution in [0.4, 0.5) is 11.4 Å². The van der Waals surface area contributed by atoms with Crippen molar-refractivity contribution >= 4 is 29.1 Å². The summed E-state index contributed by atoms with van der Waals surface area (Å²) in [5.74, 6) is -0.669. The van der Waals surface area contributed by atoms with E-state index in [9.17, 15) is 14.4 Å². The Balaban J connectivity index is 1.82. The van der Waals surface area contributed by atoms with Crippen LogP contribution >= 0.6 is 0 Å². The third kappa shape index (κ3) is 3.24. The molecule has 0 atom stereocenters. The summed E-state index contributed by atoms with van der Waals surface area (Å²) in [7, 11) is 1.50. The number of morpholine rings is 1. The molecule has 2 aliphatic rings. The number of nitrogens with zero attached hydrogens (tertiary/aromatic N) is 1. The molecule has 0 radical (unpaired) electrons. The Bertz CT molecular complexity index is 728. The Morgan fingerprint density at radius 1 is 1.31 bits per heavy atom. The van der Waals surface area contributed by atoms with Crippen LogP contribution in [-0.2, 0) is 19.1 Å². The maximum Gasteiger partial charge on any atom is 0.253 e. The lowest BCUT2D eigenvalue weighted by Crippen LogP contribution is -2.45. The lowest BCUT2D eigenvalue weighted by molar-refractivity contribution is -0.138. The largest absolute Gasteiger partial charge is 0.494 e. The van der Waals surface area contributed by atoms with Gasteiger partial charge in [0.15, 0.2) is 0 Å². The van der Waals surface area contributed by atoms with E-state index in [0.29, 0.717) is 43.1 Å². The number of carbonyl (C=O) groups excluding carboxylic acids is 3. The molecule has 1 aliphatic carbocycles. The number of amides is 3. The topological polar surface area (TPSA) is 111 Å². The van der Waals surface area contributed by atoms with E-state index >= 15 is 0 Å². The third-order valence-electron chi connectivity index (χ3n) is 5.08. The number of primary amides is 1. The summed E-state index contributed by atoms with van der Waals surface area (Å²) < 4.78 is 10.5. The monoisotopic (exact) mass is 361 g/mol. The van der Waals surface area contributed by atoms with Gasteiger partial charge < -0.3 is 25.4 Å². The van der Waals surface area contributed by atoms with Crippen molar-refractivity contribution in [3.63, 3.8) is 0 Å². The van der Waals surface area contributed by atoms with E-state index in [4.69, 9.17) is 15.2 Å². The number of nitrogens with one attached hydrogen (secondary N) is 1. The van der Waals surface area contributed by atoms with Crippen molar-refractivity contribution < 1.29 is 23.9 Å². The van der Waals surface area contributed by atoms with Crippen molar-refractivity contribution in [2.24, 2.45) is 11.1 Å². The van der Waals surface area contributed by atoms with Crippen LogP contribution in [-0.4, -0.2) is 44.6 Å². The molecule has 3 N–H and O–H groups in total. The van der Waals surface area contributed by atoms with Gasteiger partial charge in [0.25, 0.3) is 5.91 Å². The molecule has 0 unspecified atom stereocenters. The second kappa shape index (κ2) is 7.33. The predicted molar refractivity (Wildman–Crippen MR) is 94.9 cm³/mol. The van der Waals surface area contributed by atoms with Crippen LogP contribution in [0.15, 0.2) is 18.2 Å². The second-order valence-electron chi connectivity index (χ2n) is 6.59. The van der Waals surface area contributed by atoms with Crippen molar-refractivity contribution in [2.75, 3.05) is 37.1 Å². The van der Waals surface area contributed by atoms with Crippen LogP contribution in [0, 0.1) is 5.41 Å². The molecule has 1 aromatic carbocycles. The Labute approximate surface area is 151 Å². The first-order chi connectivity index (χ1) is 12.5. The quantitative estimate of drug-likeness (QED) is 0.762. The zero-order valence-electron chi connectivity index (χ0n) is 14.7. The number of anilines is 2. The minimum absolute atomic E-state index is 0.0305. The van der Waals surface area contributed by atoms with E-state index in [1.807, 2.05) is 0 Å². The van der Waals surface area contributed by atoms with Crippen LogP contribution in [0.1, 0.15) is 25.7 Å². The fourth-order valence-corrected chi connectivity index (χ4v) is 3.57. The van der Waals surface area contributed by atoms with Gasteiger partial charge in [-0.2, -0.15) is 0 Å². The van der Waals surface area contributed by atoms with E-state index in [1.165, 1.54) is 7.11 Å². The van der Waals surface area contributed by atoms with E-state index in [0.717, 1.165) is 12.8 Å². The Kier molecular flexibility index (Phi) is 5.13. The zero-order chi connectivity index (χ0) is 18.7. The maximum absolute atomic E-state index is 12.7. The number of nitrogens with two attached hydrogens (primary N) is 1. The van der Waals surface area contributed by atoms with E-state index in [1.54, 1.807) is 23.1 Å². The smallest absolute Gasteiger partial charge is 0.253 e. The van der Waals surface area contributed by atoms with Crippen LogP contribution in [0.25, 0.3) is 0 Å². The molecule has 1 aliphatic heterocycles. The fourth-order valence-electron chi connectivity index (χ4n) is 3.57. The number of hydrogen-bond donors (Lipinski definition) is 2. The van der Waals surface area contributed by atoms with Gasteiger partial charge in [-0.05, 0) is 25.0 Å². The van der Waals surface area contributed by atoms with Crippen molar-refractivity contribution in [3.05, 3.63) is 18.2 Å². The summed E-state index contributed by atoms with van der Waals surface area (Å²) in [5.41, 5.74) is 5.46. The summed E-state index contributed by atoms with van der Waals surface area (Å²) in [6, 6.07) is 5.03. The molecule has 140 valence electrons. The summed E-state index contributed by atoms with van der Waals surface area (Å²) in [4.78, 5) is 38.2. The van der Waals surface area contributed by atoms with Crippen LogP contribution < -0.4 is 20.7 Å². The third-order valence-corrected chi connectivity index (χ3v) is 5.08. The number of benzene rings is 1. The molecule has 0 bridgehead atoms. The number of rotatable bonds is 5. The number of ether oxygens (including phenoxy) is 2. The zero-order valence-corrected chi connectivity index (χ0v) is 14.7. The molecule has 0 aromatic heterocycles. The average Bonchev–Trinajstić information content (AvgIpc) is 3.13. The van der Waals surface area contributed by atoms with Crippen LogP contribution in [0.5, 0.6) is 5.75 Å². The summed E-state index contributed by atoms with van der Waals surface area (Å²) in [6.45, 7) is 0.920. The lowest BCUT2D eigenvalue weighted by atomic mass is 9.84. The van der Waals surface area contributed by atoms with Gasteiger partial charge in [0, 0.05) is 18.3 Å². The lowest BCUT2D eigenvalue weighted by Gasteiger charge is -2.28. The molecule has 1 saturated heterocycles. The second-order valence-corrected chi connectivity index (χ2v) is 6.59. The SMILES string of the molecule is COc1cc(NC(=O)C2(C(N)=O)CCCC2)ccc1N1CCOCC1=O. The van der Waals surface area contributed by atoms with Crippen LogP contribution in [0.2, 0.25) is 0 Å². The first-order valence-corrected chi connectivity index (χ1v) is 8.65. The first-order valence-electron chi connectivity index (χ1n) is 8.65. The highest BCUT2D eigenvalue weighted by molar-refractivity contribution is 6.10. The average molecular weight is 361 g/mol. The minimum atomic E-state index is -1.15. The molecule has 26 heavy (non-hydrogen) atoms. The van der Waals surface area contributed by atoms with Gasteiger partial charge in [-0.15, -0.1) is 0 Å². The molecule has 3 amide bonds. The molecule has 1 heterocycles. The van der Waals surface area contributed by atoms with Crippen molar-refractivity contribution in [2.45, 2.75) is 25.7 Å². The van der Waals surface area contributed by atoms with Gasteiger partial charge in [-0.1, -0.05) is 12.8 Å². The molecular formula is C18H23N3O5. The van der Waals surface area contributed by atoms with Gasteiger partial charge in [0.2, 0.25) is 11.8 Å². The Morgan fingerprint density at radius 2 is 2.04 bits per heavy atom. The van der Waals surface area contributed by atoms with E-state index in [2.05, 4.69) is 5.32 Å². The van der Waals surface area contributed by atoms with E-state index in [-0.39, 0.29) is 18.4 Å². The maximum atomic E-state index is 12.7. The van der Waals surface area contributed by atoms with Crippen LogP contribution in [0.3, 0.4) is 0 Å². The van der Waals surface area contributed by atoms with Gasteiger partial charge >= 0.3 is 0 Å². The first kappa shape index (κ1) is 18.2. The Morgan fingerprint density at radius 3 is 2.65 bits per heavy atom. The molecule has 8 nitrogen and oxygen atoms in total. The molecule has 8 heteroatoms. The minimum Gasteiger partial charge on any atom is -0.494 e. The standard InChI is InChI=1S/C18H23N3O5/c1-25-14-10-12(4-5-13(14)21-8-9-26-11-15(21)22)20-17(24)18(16(19)23)6-2-3-7-18/h4-5,10H,2-3,6-9,11H2,1H3,(H2,19,23)(H,20,24). The van der Waals surface area contributed by atoms with Crippen molar-refractivity contribution in [1.82, 2.24) is 0 Å². The molecule has 2 fully saturated rings. The number of methoxy groups -OCH3 is 1. The van der Waals surface area contributed by atoms with Crippen molar-refractivity contribution in [1.29, 1.82) is 0 Å². The number of hydrogen-bond acceptors (Lipinski definition) is 5. The normalized spacial score (nSPS) is 19.3. The molecule has 3 rings (SSSR count). The number of carbonyl (C=O) groups is 3.